The molecule has 92 valence electrons. The van der Waals surface area contributed by atoms with Crippen molar-refractivity contribution >= 4 is 8.80 Å². The summed E-state index contributed by atoms with van der Waals surface area (Å²) in [5, 5.41) is 3.30. The van der Waals surface area contributed by atoms with Crippen LogP contribution < -0.4 is 5.32 Å². The van der Waals surface area contributed by atoms with Gasteiger partial charge in [-0.3, -0.25) is 0 Å². The van der Waals surface area contributed by atoms with Crippen LogP contribution in [0.15, 0.2) is 0 Å². The van der Waals surface area contributed by atoms with Crippen molar-refractivity contribution in [3.63, 3.8) is 0 Å². The van der Waals surface area contributed by atoms with Crippen molar-refractivity contribution in [3.05, 3.63) is 0 Å². The van der Waals surface area contributed by atoms with Crippen molar-refractivity contribution in [1.29, 1.82) is 0 Å². The summed E-state index contributed by atoms with van der Waals surface area (Å²) >= 11 is 0. The molecule has 1 atom stereocenters. The lowest BCUT2D eigenvalue weighted by Crippen LogP contribution is -2.44. The molecule has 4 nitrogen and oxygen atoms in total. The Morgan fingerprint density at radius 3 is 1.93 bits per heavy atom. The summed E-state index contributed by atoms with van der Waals surface area (Å²) in [4.78, 5) is 0. The molecule has 0 aromatic heterocycles. The molecule has 0 saturated carbocycles. The first-order valence-corrected chi connectivity index (χ1v) is 7.43. The molecule has 0 spiro atoms. The van der Waals surface area contributed by atoms with Crippen molar-refractivity contribution in [3.8, 4) is 0 Å². The second kappa shape index (κ2) is 8.24. The normalized spacial score (nSPS) is 14.2. The summed E-state index contributed by atoms with van der Waals surface area (Å²) in [5.41, 5.74) is 0. The van der Waals surface area contributed by atoms with Crippen LogP contribution in [0.4, 0.5) is 0 Å². The van der Waals surface area contributed by atoms with Gasteiger partial charge in [0.1, 0.15) is 0 Å². The quantitative estimate of drug-likeness (QED) is 0.617. The standard InChI is InChI=1S/C10H25NO3Si/c1-6-7-10(11-2)8-9-15(12-3,13-4)14-5/h10-11H,6-9H2,1-5H3. The zero-order valence-electron chi connectivity index (χ0n) is 10.6. The average Bonchev–Trinajstić information content (AvgIpc) is 2.30. The predicted octanol–water partition coefficient (Wildman–Crippen LogP) is 1.64. The molecule has 0 aliphatic heterocycles. The van der Waals surface area contributed by atoms with Crippen LogP contribution in [0.3, 0.4) is 0 Å². The Morgan fingerprint density at radius 1 is 1.07 bits per heavy atom. The molecule has 0 heterocycles. The van der Waals surface area contributed by atoms with Crippen LogP contribution in [-0.2, 0) is 13.3 Å². The summed E-state index contributed by atoms with van der Waals surface area (Å²) in [7, 11) is 4.61. The Bertz CT molecular complexity index is 145. The van der Waals surface area contributed by atoms with Crippen LogP contribution in [0.5, 0.6) is 0 Å². The van der Waals surface area contributed by atoms with E-state index in [9.17, 15) is 0 Å². The molecule has 1 unspecified atom stereocenters. The van der Waals surface area contributed by atoms with Crippen LogP contribution in [0.25, 0.3) is 0 Å². The van der Waals surface area contributed by atoms with Gasteiger partial charge in [-0.05, 0) is 19.9 Å². The van der Waals surface area contributed by atoms with Gasteiger partial charge < -0.3 is 18.6 Å². The van der Waals surface area contributed by atoms with E-state index in [0.29, 0.717) is 6.04 Å². The number of hydrogen-bond donors (Lipinski definition) is 1. The molecule has 0 aromatic carbocycles. The molecule has 5 heteroatoms. The van der Waals surface area contributed by atoms with Gasteiger partial charge in [0.05, 0.1) is 0 Å². The van der Waals surface area contributed by atoms with Crippen LogP contribution in [0, 0.1) is 0 Å². The number of hydrogen-bond acceptors (Lipinski definition) is 4. The molecule has 1 N–H and O–H groups in total. The van der Waals surface area contributed by atoms with Gasteiger partial charge in [-0.15, -0.1) is 0 Å². The van der Waals surface area contributed by atoms with Gasteiger partial charge in [-0.25, -0.2) is 0 Å². The third-order valence-corrected chi connectivity index (χ3v) is 5.54. The highest BCUT2D eigenvalue weighted by Crippen LogP contribution is 2.17. The van der Waals surface area contributed by atoms with Crippen molar-refractivity contribution < 1.29 is 13.3 Å². The molecule has 15 heavy (non-hydrogen) atoms. The fraction of sp³-hybridized carbons (Fsp3) is 1.00. The smallest absolute Gasteiger partial charge is 0.377 e. The van der Waals surface area contributed by atoms with Gasteiger partial charge in [0.15, 0.2) is 0 Å². The topological polar surface area (TPSA) is 39.7 Å². The van der Waals surface area contributed by atoms with E-state index in [1.54, 1.807) is 21.3 Å². The molecule has 0 aliphatic carbocycles. The second-order valence-corrected chi connectivity index (χ2v) is 6.70. The van der Waals surface area contributed by atoms with E-state index in [4.69, 9.17) is 13.3 Å². The molecule has 0 bridgehead atoms. The first-order chi connectivity index (χ1) is 7.17. The number of nitrogens with one attached hydrogen (secondary N) is 1. The lowest BCUT2D eigenvalue weighted by atomic mass is 10.1. The number of rotatable bonds is 9. The Kier molecular flexibility index (Phi) is 8.27. The minimum absolute atomic E-state index is 0.530. The van der Waals surface area contributed by atoms with E-state index in [2.05, 4.69) is 12.2 Å². The summed E-state index contributed by atoms with van der Waals surface area (Å²) in [5.74, 6) is 0. The summed E-state index contributed by atoms with van der Waals surface area (Å²) in [6, 6.07) is 1.39. The van der Waals surface area contributed by atoms with Crippen LogP contribution >= 0.6 is 0 Å². The van der Waals surface area contributed by atoms with E-state index < -0.39 is 8.80 Å². The van der Waals surface area contributed by atoms with E-state index in [-0.39, 0.29) is 0 Å². The fourth-order valence-electron chi connectivity index (χ4n) is 1.69. The largest absolute Gasteiger partial charge is 0.500 e. The van der Waals surface area contributed by atoms with Gasteiger partial charge >= 0.3 is 8.80 Å². The van der Waals surface area contributed by atoms with Gasteiger partial charge in [-0.1, -0.05) is 13.3 Å². The molecule has 0 fully saturated rings. The third-order valence-electron chi connectivity index (χ3n) is 2.78. The highest BCUT2D eigenvalue weighted by atomic mass is 28.4. The zero-order valence-corrected chi connectivity index (χ0v) is 11.6. The molecule has 0 rings (SSSR count). The Morgan fingerprint density at radius 2 is 1.60 bits per heavy atom. The Hall–Kier alpha value is 0.0569. The fourth-order valence-corrected chi connectivity index (χ4v) is 3.50. The van der Waals surface area contributed by atoms with Gasteiger partial charge in [0.2, 0.25) is 0 Å². The highest BCUT2D eigenvalue weighted by molar-refractivity contribution is 6.60. The lowest BCUT2D eigenvalue weighted by molar-refractivity contribution is 0.122. The van der Waals surface area contributed by atoms with Gasteiger partial charge in [-0.2, -0.15) is 0 Å². The maximum atomic E-state index is 5.38. The van der Waals surface area contributed by atoms with Crippen LogP contribution in [0.2, 0.25) is 6.04 Å². The van der Waals surface area contributed by atoms with E-state index in [0.717, 1.165) is 12.5 Å². The summed E-state index contributed by atoms with van der Waals surface area (Å²) in [6.07, 6.45) is 3.40. The molecule has 0 aromatic rings. The predicted molar refractivity (Wildman–Crippen MR) is 64.0 cm³/mol. The average molecular weight is 235 g/mol. The van der Waals surface area contributed by atoms with E-state index >= 15 is 0 Å². The van der Waals surface area contributed by atoms with Gasteiger partial charge in [0.25, 0.3) is 0 Å². The molecule has 0 radical (unpaired) electrons. The Labute approximate surface area is 94.7 Å². The Balaban J connectivity index is 4.06. The summed E-state index contributed by atoms with van der Waals surface area (Å²) in [6.45, 7) is 2.19. The molecule has 0 amide bonds. The van der Waals surface area contributed by atoms with Crippen LogP contribution in [-0.4, -0.2) is 43.2 Å². The maximum Gasteiger partial charge on any atom is 0.500 e. The second-order valence-electron chi connectivity index (χ2n) is 3.61. The van der Waals surface area contributed by atoms with Crippen molar-refractivity contribution in [2.45, 2.75) is 38.3 Å². The summed E-state index contributed by atoms with van der Waals surface area (Å²) < 4.78 is 16.1. The minimum atomic E-state index is -2.37. The molecule has 0 aliphatic rings. The van der Waals surface area contributed by atoms with E-state index in [1.165, 1.54) is 12.8 Å². The maximum absolute atomic E-state index is 5.38. The lowest BCUT2D eigenvalue weighted by Gasteiger charge is -2.26. The SMILES string of the molecule is CCCC(CC[Si](OC)(OC)OC)NC. The first-order valence-electron chi connectivity index (χ1n) is 5.50. The monoisotopic (exact) mass is 235 g/mol. The highest BCUT2D eigenvalue weighted by Gasteiger charge is 2.37. The van der Waals surface area contributed by atoms with E-state index in [1.807, 2.05) is 7.05 Å². The zero-order chi connectivity index (χ0) is 11.7. The first kappa shape index (κ1) is 15.1. The van der Waals surface area contributed by atoms with Crippen molar-refractivity contribution in [2.75, 3.05) is 28.4 Å². The third kappa shape index (κ3) is 5.08. The molecule has 0 saturated heterocycles. The van der Waals surface area contributed by atoms with Crippen LogP contribution in [0.1, 0.15) is 26.2 Å². The van der Waals surface area contributed by atoms with Crippen molar-refractivity contribution in [1.82, 2.24) is 5.32 Å². The molecular formula is C10H25NO3Si. The minimum Gasteiger partial charge on any atom is -0.377 e. The van der Waals surface area contributed by atoms with Crippen molar-refractivity contribution in [2.24, 2.45) is 0 Å². The molecular weight excluding hydrogens is 210 g/mol. The van der Waals surface area contributed by atoms with Gasteiger partial charge in [0, 0.05) is 33.4 Å².